The molecule has 20 heavy (non-hydrogen) atoms. The van der Waals surface area contributed by atoms with Crippen molar-refractivity contribution in [1.82, 2.24) is 9.78 Å². The van der Waals surface area contributed by atoms with Gasteiger partial charge in [-0.25, -0.2) is 4.68 Å². The molecule has 0 unspecified atom stereocenters. The van der Waals surface area contributed by atoms with Crippen LogP contribution in [0.3, 0.4) is 0 Å². The van der Waals surface area contributed by atoms with Gasteiger partial charge in [0.05, 0.1) is 11.9 Å². The van der Waals surface area contributed by atoms with Crippen LogP contribution < -0.4 is 0 Å². The Bertz CT molecular complexity index is 742. The lowest BCUT2D eigenvalue weighted by Crippen LogP contribution is -2.01. The van der Waals surface area contributed by atoms with E-state index >= 15 is 0 Å². The van der Waals surface area contributed by atoms with Crippen LogP contribution in [0, 0.1) is 13.8 Å². The number of aromatic nitrogens is 2. The van der Waals surface area contributed by atoms with E-state index in [1.165, 1.54) is 11.8 Å². The minimum atomic E-state index is 0.192. The molecule has 2 aromatic carbocycles. The molecule has 3 heteroatoms. The van der Waals surface area contributed by atoms with Crippen molar-refractivity contribution in [3.63, 3.8) is 0 Å². The Kier molecular flexibility index (Phi) is 3.03. The summed E-state index contributed by atoms with van der Waals surface area (Å²) >= 11 is 0. The van der Waals surface area contributed by atoms with E-state index in [0.29, 0.717) is 0 Å². The van der Waals surface area contributed by atoms with Gasteiger partial charge in [0.25, 0.3) is 0 Å². The van der Waals surface area contributed by atoms with Crippen molar-refractivity contribution in [2.24, 2.45) is 0 Å². The van der Waals surface area contributed by atoms with Gasteiger partial charge < -0.3 is 5.11 Å². The SMILES string of the molecule is Cc1ccc(-c2c(O)cnn2-c2ccccc2C)cc1. The maximum absolute atomic E-state index is 10.1. The van der Waals surface area contributed by atoms with E-state index < -0.39 is 0 Å². The highest BCUT2D eigenvalue weighted by atomic mass is 16.3. The van der Waals surface area contributed by atoms with Crippen molar-refractivity contribution in [3.05, 3.63) is 65.9 Å². The standard InChI is InChI=1S/C17H16N2O/c1-12-7-9-14(10-8-12)17-16(20)11-18-19(17)15-6-4-3-5-13(15)2/h3-11,20H,1-2H3. The van der Waals surface area contributed by atoms with Gasteiger partial charge in [-0.15, -0.1) is 0 Å². The monoisotopic (exact) mass is 264 g/mol. The van der Waals surface area contributed by atoms with Gasteiger partial charge in [0, 0.05) is 5.56 Å². The Morgan fingerprint density at radius 2 is 1.65 bits per heavy atom. The second-order valence-electron chi connectivity index (χ2n) is 4.94. The van der Waals surface area contributed by atoms with Crippen LogP contribution in [-0.2, 0) is 0 Å². The summed E-state index contributed by atoms with van der Waals surface area (Å²) in [5.41, 5.74) is 4.95. The summed E-state index contributed by atoms with van der Waals surface area (Å²) in [4.78, 5) is 0. The first-order valence-electron chi connectivity index (χ1n) is 6.57. The van der Waals surface area contributed by atoms with Crippen LogP contribution in [0.2, 0.25) is 0 Å². The van der Waals surface area contributed by atoms with Gasteiger partial charge in [0.1, 0.15) is 5.69 Å². The van der Waals surface area contributed by atoms with Crippen LogP contribution in [0.1, 0.15) is 11.1 Å². The molecule has 0 aliphatic rings. The first kappa shape index (κ1) is 12.5. The molecule has 0 amide bonds. The summed E-state index contributed by atoms with van der Waals surface area (Å²) in [6, 6.07) is 16.1. The average Bonchev–Trinajstić information content (AvgIpc) is 2.82. The Balaban J connectivity index is 2.20. The fraction of sp³-hybridized carbons (Fsp3) is 0.118. The summed E-state index contributed by atoms with van der Waals surface area (Å²) in [7, 11) is 0. The Morgan fingerprint density at radius 3 is 2.35 bits per heavy atom. The number of para-hydroxylation sites is 1. The van der Waals surface area contributed by atoms with E-state index in [0.717, 1.165) is 22.5 Å². The smallest absolute Gasteiger partial charge is 0.162 e. The molecule has 0 radical (unpaired) electrons. The first-order chi connectivity index (χ1) is 9.66. The number of hydrogen-bond donors (Lipinski definition) is 1. The number of benzene rings is 2. The molecule has 0 fully saturated rings. The molecule has 3 aromatic rings. The largest absolute Gasteiger partial charge is 0.504 e. The first-order valence-corrected chi connectivity index (χ1v) is 6.57. The molecular formula is C17H16N2O. The third-order valence-corrected chi connectivity index (χ3v) is 3.42. The third kappa shape index (κ3) is 2.07. The number of hydrogen-bond acceptors (Lipinski definition) is 2. The van der Waals surface area contributed by atoms with E-state index in [-0.39, 0.29) is 5.75 Å². The maximum atomic E-state index is 10.1. The minimum Gasteiger partial charge on any atom is -0.504 e. The van der Waals surface area contributed by atoms with E-state index in [1.807, 2.05) is 62.4 Å². The van der Waals surface area contributed by atoms with Gasteiger partial charge >= 0.3 is 0 Å². The zero-order valence-electron chi connectivity index (χ0n) is 11.5. The molecule has 3 rings (SSSR count). The highest BCUT2D eigenvalue weighted by Gasteiger charge is 2.14. The molecular weight excluding hydrogens is 248 g/mol. The molecule has 1 aromatic heterocycles. The topological polar surface area (TPSA) is 38.1 Å². The number of rotatable bonds is 2. The van der Waals surface area contributed by atoms with Crippen molar-refractivity contribution < 1.29 is 5.11 Å². The molecule has 0 saturated heterocycles. The molecule has 0 spiro atoms. The lowest BCUT2D eigenvalue weighted by atomic mass is 10.1. The van der Waals surface area contributed by atoms with Crippen molar-refractivity contribution >= 4 is 0 Å². The maximum Gasteiger partial charge on any atom is 0.162 e. The Labute approximate surface area is 118 Å². The molecule has 0 atom stereocenters. The third-order valence-electron chi connectivity index (χ3n) is 3.42. The number of nitrogens with zero attached hydrogens (tertiary/aromatic N) is 2. The quantitative estimate of drug-likeness (QED) is 0.763. The molecule has 0 aliphatic carbocycles. The summed E-state index contributed by atoms with van der Waals surface area (Å²) in [5.74, 6) is 0.192. The van der Waals surface area contributed by atoms with Gasteiger partial charge in [-0.3, -0.25) is 0 Å². The predicted octanol–water partition coefficient (Wildman–Crippen LogP) is 3.86. The molecule has 0 saturated carbocycles. The highest BCUT2D eigenvalue weighted by Crippen LogP contribution is 2.32. The molecule has 100 valence electrons. The van der Waals surface area contributed by atoms with Crippen LogP contribution in [-0.4, -0.2) is 14.9 Å². The number of aryl methyl sites for hydroxylation is 2. The molecule has 0 aliphatic heterocycles. The highest BCUT2D eigenvalue weighted by molar-refractivity contribution is 5.68. The van der Waals surface area contributed by atoms with Gasteiger partial charge in [-0.2, -0.15) is 5.10 Å². The zero-order chi connectivity index (χ0) is 14.1. The summed E-state index contributed by atoms with van der Waals surface area (Å²) in [5, 5.41) is 14.4. The lowest BCUT2D eigenvalue weighted by molar-refractivity contribution is 0.477. The van der Waals surface area contributed by atoms with Crippen LogP contribution in [0.5, 0.6) is 5.75 Å². The normalized spacial score (nSPS) is 10.7. The van der Waals surface area contributed by atoms with Crippen molar-refractivity contribution in [3.8, 4) is 22.7 Å². The van der Waals surface area contributed by atoms with Crippen LogP contribution in [0.4, 0.5) is 0 Å². The van der Waals surface area contributed by atoms with Crippen molar-refractivity contribution in [2.45, 2.75) is 13.8 Å². The summed E-state index contributed by atoms with van der Waals surface area (Å²) in [6.07, 6.45) is 1.49. The van der Waals surface area contributed by atoms with Gasteiger partial charge in [-0.1, -0.05) is 48.0 Å². The number of aromatic hydroxyl groups is 1. The van der Waals surface area contributed by atoms with E-state index in [9.17, 15) is 5.11 Å². The fourth-order valence-corrected chi connectivity index (χ4v) is 2.31. The van der Waals surface area contributed by atoms with Crippen molar-refractivity contribution in [1.29, 1.82) is 0 Å². The van der Waals surface area contributed by atoms with Crippen molar-refractivity contribution in [2.75, 3.05) is 0 Å². The lowest BCUT2D eigenvalue weighted by Gasteiger charge is -2.10. The Morgan fingerprint density at radius 1 is 0.950 bits per heavy atom. The van der Waals surface area contributed by atoms with Gasteiger partial charge in [-0.05, 0) is 25.5 Å². The van der Waals surface area contributed by atoms with E-state index in [4.69, 9.17) is 0 Å². The predicted molar refractivity (Wildman–Crippen MR) is 80.1 cm³/mol. The second-order valence-corrected chi connectivity index (χ2v) is 4.94. The van der Waals surface area contributed by atoms with E-state index in [2.05, 4.69) is 5.10 Å². The average molecular weight is 264 g/mol. The summed E-state index contributed by atoms with van der Waals surface area (Å²) < 4.78 is 1.79. The van der Waals surface area contributed by atoms with Gasteiger partial charge in [0.2, 0.25) is 0 Å². The summed E-state index contributed by atoms with van der Waals surface area (Å²) in [6.45, 7) is 4.08. The fourth-order valence-electron chi connectivity index (χ4n) is 2.31. The van der Waals surface area contributed by atoms with Crippen LogP contribution >= 0.6 is 0 Å². The van der Waals surface area contributed by atoms with Crippen LogP contribution in [0.25, 0.3) is 16.9 Å². The van der Waals surface area contributed by atoms with Crippen LogP contribution in [0.15, 0.2) is 54.7 Å². The Hall–Kier alpha value is -2.55. The molecule has 1 N–H and O–H groups in total. The molecule has 3 nitrogen and oxygen atoms in total. The second kappa shape index (κ2) is 4.85. The van der Waals surface area contributed by atoms with E-state index in [1.54, 1.807) is 4.68 Å². The minimum absolute atomic E-state index is 0.192. The zero-order valence-corrected chi connectivity index (χ0v) is 11.5. The molecule has 0 bridgehead atoms. The molecule has 1 heterocycles. The van der Waals surface area contributed by atoms with Gasteiger partial charge in [0.15, 0.2) is 5.75 Å².